The predicted octanol–water partition coefficient (Wildman–Crippen LogP) is 2.96. The molecule has 7 heteroatoms. The van der Waals surface area contributed by atoms with Crippen LogP contribution < -0.4 is 20.5 Å². The lowest BCUT2D eigenvalue weighted by atomic mass is 10.0. The lowest BCUT2D eigenvalue weighted by molar-refractivity contribution is 0.199. The van der Waals surface area contributed by atoms with Gasteiger partial charge in [-0.15, -0.1) is 0 Å². The number of hydrazine groups is 1. The molecule has 2 atom stereocenters. The highest BCUT2D eigenvalue weighted by molar-refractivity contribution is 5.61. The van der Waals surface area contributed by atoms with E-state index in [2.05, 4.69) is 69.6 Å². The van der Waals surface area contributed by atoms with Gasteiger partial charge < -0.3 is 15.1 Å². The molecule has 0 spiro atoms. The summed E-state index contributed by atoms with van der Waals surface area (Å²) in [5.41, 5.74) is 9.90. The Bertz CT molecular complexity index is 899. The first-order chi connectivity index (χ1) is 14.0. The van der Waals surface area contributed by atoms with Gasteiger partial charge in [0.2, 0.25) is 0 Å². The number of likely N-dealkylation sites (N-methyl/N-ethyl adjacent to an activating group) is 1. The van der Waals surface area contributed by atoms with E-state index in [0.717, 1.165) is 62.0 Å². The molecule has 2 fully saturated rings. The Morgan fingerprint density at radius 2 is 2.07 bits per heavy atom. The highest BCUT2D eigenvalue weighted by Crippen LogP contribution is 2.42. The molecule has 5 rings (SSSR count). The SMILES string of the molecule is CCN1CCN(c2cc([C@@H]3NNc4ccc(OC5(C)CC5)cc43)ncn2)C[C@@H]1C. The smallest absolute Gasteiger partial charge is 0.132 e. The third kappa shape index (κ3) is 3.65. The van der Waals surface area contributed by atoms with Crippen molar-refractivity contribution in [3.8, 4) is 5.75 Å². The minimum Gasteiger partial charge on any atom is -0.488 e. The second kappa shape index (κ2) is 7.15. The van der Waals surface area contributed by atoms with Crippen LogP contribution in [0.15, 0.2) is 30.6 Å². The lowest BCUT2D eigenvalue weighted by Crippen LogP contribution is -2.52. The van der Waals surface area contributed by atoms with E-state index in [1.807, 2.05) is 6.07 Å². The van der Waals surface area contributed by atoms with Crippen molar-refractivity contribution in [2.75, 3.05) is 36.5 Å². The fourth-order valence-corrected chi connectivity index (χ4v) is 4.35. The van der Waals surface area contributed by atoms with Gasteiger partial charge in [0.1, 0.15) is 23.5 Å². The maximum Gasteiger partial charge on any atom is 0.132 e. The van der Waals surface area contributed by atoms with Gasteiger partial charge in [-0.2, -0.15) is 0 Å². The van der Waals surface area contributed by atoms with Crippen LogP contribution in [0, 0.1) is 0 Å². The quantitative estimate of drug-likeness (QED) is 0.808. The molecule has 29 heavy (non-hydrogen) atoms. The highest BCUT2D eigenvalue weighted by atomic mass is 16.5. The predicted molar refractivity (Wildman–Crippen MR) is 114 cm³/mol. The Hall–Kier alpha value is -2.38. The van der Waals surface area contributed by atoms with Crippen LogP contribution in [-0.4, -0.2) is 52.7 Å². The van der Waals surface area contributed by atoms with Gasteiger partial charge in [-0.3, -0.25) is 4.90 Å². The number of ether oxygens (including phenoxy) is 1. The first-order valence-corrected chi connectivity index (χ1v) is 10.7. The number of nitrogens with one attached hydrogen (secondary N) is 2. The number of rotatable bonds is 5. The van der Waals surface area contributed by atoms with E-state index in [4.69, 9.17) is 4.74 Å². The Labute approximate surface area is 172 Å². The molecule has 1 aromatic carbocycles. The lowest BCUT2D eigenvalue weighted by Gasteiger charge is -2.40. The standard InChI is InChI=1S/C22H30N6O/c1-4-27-9-10-28(13-15(27)2)20-12-19(23-14-24-20)21-17-11-16(29-22(3)7-8-22)5-6-18(17)25-26-21/h5-6,11-12,14-15,21,25-26H,4,7-10,13H2,1-3H3/t15-,21+/m0/s1. The van der Waals surface area contributed by atoms with Crippen LogP contribution in [0.1, 0.15) is 50.9 Å². The molecule has 1 saturated heterocycles. The summed E-state index contributed by atoms with van der Waals surface area (Å²) in [6, 6.07) is 8.90. The van der Waals surface area contributed by atoms with Crippen molar-refractivity contribution < 1.29 is 4.74 Å². The number of benzene rings is 1. The van der Waals surface area contributed by atoms with Crippen LogP contribution >= 0.6 is 0 Å². The minimum absolute atomic E-state index is 0.0165. The maximum atomic E-state index is 6.17. The van der Waals surface area contributed by atoms with Crippen molar-refractivity contribution in [3.63, 3.8) is 0 Å². The molecule has 1 saturated carbocycles. The van der Waals surface area contributed by atoms with Gasteiger partial charge in [-0.1, -0.05) is 6.92 Å². The zero-order chi connectivity index (χ0) is 20.0. The normalized spacial score (nSPS) is 25.4. The first kappa shape index (κ1) is 18.6. The van der Waals surface area contributed by atoms with E-state index in [0.29, 0.717) is 6.04 Å². The number of aromatic nitrogens is 2. The van der Waals surface area contributed by atoms with E-state index in [9.17, 15) is 0 Å². The minimum atomic E-state index is -0.0170. The maximum absolute atomic E-state index is 6.17. The molecule has 0 bridgehead atoms. The summed E-state index contributed by atoms with van der Waals surface area (Å²) in [5, 5.41) is 0. The Kier molecular flexibility index (Phi) is 4.59. The Balaban J connectivity index is 1.38. The van der Waals surface area contributed by atoms with Gasteiger partial charge in [-0.05, 0) is 51.4 Å². The molecule has 1 aromatic heterocycles. The number of hydrogen-bond acceptors (Lipinski definition) is 7. The molecule has 7 nitrogen and oxygen atoms in total. The van der Waals surface area contributed by atoms with Crippen molar-refractivity contribution in [3.05, 3.63) is 41.9 Å². The van der Waals surface area contributed by atoms with Gasteiger partial charge in [0, 0.05) is 37.3 Å². The van der Waals surface area contributed by atoms with Crippen molar-refractivity contribution >= 4 is 11.5 Å². The average Bonchev–Trinajstić information content (AvgIpc) is 3.30. The zero-order valence-corrected chi connectivity index (χ0v) is 17.5. The van der Waals surface area contributed by atoms with Crippen molar-refractivity contribution in [1.82, 2.24) is 20.3 Å². The fraction of sp³-hybridized carbons (Fsp3) is 0.545. The van der Waals surface area contributed by atoms with Crippen LogP contribution in [0.5, 0.6) is 5.75 Å². The van der Waals surface area contributed by atoms with Crippen LogP contribution in [0.25, 0.3) is 0 Å². The molecule has 3 aliphatic rings. The van der Waals surface area contributed by atoms with Crippen LogP contribution in [0.2, 0.25) is 0 Å². The Morgan fingerprint density at radius 1 is 1.21 bits per heavy atom. The Morgan fingerprint density at radius 3 is 2.83 bits per heavy atom. The van der Waals surface area contributed by atoms with Crippen LogP contribution in [-0.2, 0) is 0 Å². The third-order valence-corrected chi connectivity index (χ3v) is 6.47. The molecular weight excluding hydrogens is 364 g/mol. The van der Waals surface area contributed by atoms with E-state index in [-0.39, 0.29) is 11.6 Å². The molecular formula is C22H30N6O. The topological polar surface area (TPSA) is 65.5 Å². The number of fused-ring (bicyclic) bond motifs is 1. The van der Waals surface area contributed by atoms with E-state index >= 15 is 0 Å². The van der Waals surface area contributed by atoms with Crippen LogP contribution in [0.3, 0.4) is 0 Å². The summed E-state index contributed by atoms with van der Waals surface area (Å²) in [6.07, 6.45) is 3.94. The van der Waals surface area contributed by atoms with E-state index < -0.39 is 0 Å². The summed E-state index contributed by atoms with van der Waals surface area (Å²) < 4.78 is 6.17. The molecule has 154 valence electrons. The molecule has 3 heterocycles. The number of piperazine rings is 1. The van der Waals surface area contributed by atoms with Gasteiger partial charge in [0.25, 0.3) is 0 Å². The molecule has 2 N–H and O–H groups in total. The summed E-state index contributed by atoms with van der Waals surface area (Å²) >= 11 is 0. The third-order valence-electron chi connectivity index (χ3n) is 6.47. The molecule has 2 aliphatic heterocycles. The van der Waals surface area contributed by atoms with Gasteiger partial charge >= 0.3 is 0 Å². The molecule has 0 radical (unpaired) electrons. The van der Waals surface area contributed by atoms with Crippen molar-refractivity contribution in [1.29, 1.82) is 0 Å². The molecule has 1 aliphatic carbocycles. The van der Waals surface area contributed by atoms with Gasteiger partial charge in [-0.25, -0.2) is 15.4 Å². The molecule has 2 aromatic rings. The number of anilines is 2. The molecule has 0 amide bonds. The van der Waals surface area contributed by atoms with Gasteiger partial charge in [0.05, 0.1) is 17.4 Å². The average molecular weight is 395 g/mol. The highest BCUT2D eigenvalue weighted by Gasteiger charge is 2.40. The van der Waals surface area contributed by atoms with Crippen LogP contribution in [0.4, 0.5) is 11.5 Å². The van der Waals surface area contributed by atoms with E-state index in [1.54, 1.807) is 6.33 Å². The summed E-state index contributed by atoms with van der Waals surface area (Å²) in [7, 11) is 0. The van der Waals surface area contributed by atoms with E-state index in [1.165, 1.54) is 5.56 Å². The van der Waals surface area contributed by atoms with Crippen molar-refractivity contribution in [2.45, 2.75) is 51.3 Å². The summed E-state index contributed by atoms with van der Waals surface area (Å²) in [5.74, 6) is 1.93. The zero-order valence-electron chi connectivity index (χ0n) is 17.5. The largest absolute Gasteiger partial charge is 0.488 e. The number of nitrogens with zero attached hydrogens (tertiary/aromatic N) is 4. The number of hydrogen-bond donors (Lipinski definition) is 2. The second-order valence-corrected chi connectivity index (χ2v) is 8.73. The van der Waals surface area contributed by atoms with Gasteiger partial charge in [0.15, 0.2) is 0 Å². The second-order valence-electron chi connectivity index (χ2n) is 8.73. The first-order valence-electron chi connectivity index (χ1n) is 10.7. The van der Waals surface area contributed by atoms with Crippen molar-refractivity contribution in [2.24, 2.45) is 0 Å². The summed E-state index contributed by atoms with van der Waals surface area (Å²) in [4.78, 5) is 14.1. The molecule has 0 unspecified atom stereocenters. The fourth-order valence-electron chi connectivity index (χ4n) is 4.35. The summed E-state index contributed by atoms with van der Waals surface area (Å²) in [6.45, 7) is 10.9. The monoisotopic (exact) mass is 394 g/mol.